The van der Waals surface area contributed by atoms with Crippen LogP contribution in [0.5, 0.6) is 0 Å². The molecule has 0 N–H and O–H groups in total. The van der Waals surface area contributed by atoms with Crippen molar-refractivity contribution in [2.45, 2.75) is 97.1 Å². The summed E-state index contributed by atoms with van der Waals surface area (Å²) in [5.74, 6) is 0.332. The van der Waals surface area contributed by atoms with Crippen molar-refractivity contribution in [2.24, 2.45) is 5.41 Å². The van der Waals surface area contributed by atoms with Gasteiger partial charge in [-0.2, -0.15) is 0 Å². The standard InChI is InChI=1S/C26H40O3Si/c1-25(2,3)30(5,6)29-24-14-10-13-22-21(23(27)15-17-26(22,24)4)16-18-28-19-20-11-8-7-9-12-20/h7-9,11-12,24H,10,13-19H2,1-6H3/t24-,26-/m1/s1. The molecule has 0 aliphatic heterocycles. The third-order valence-electron chi connectivity index (χ3n) is 7.72. The van der Waals surface area contributed by atoms with E-state index >= 15 is 0 Å². The number of carbonyl (C=O) groups excluding carboxylic acids is 1. The summed E-state index contributed by atoms with van der Waals surface area (Å²) in [6.45, 7) is 15.2. The molecule has 2 aliphatic rings. The summed E-state index contributed by atoms with van der Waals surface area (Å²) in [7, 11) is -1.86. The summed E-state index contributed by atoms with van der Waals surface area (Å²) in [4.78, 5) is 12.9. The zero-order chi connectivity index (χ0) is 22.0. The van der Waals surface area contributed by atoms with Gasteiger partial charge in [-0.1, -0.05) is 63.6 Å². The first-order chi connectivity index (χ1) is 14.0. The molecule has 0 saturated heterocycles. The van der Waals surface area contributed by atoms with E-state index in [-0.39, 0.29) is 16.6 Å². The van der Waals surface area contributed by atoms with Crippen LogP contribution in [0.4, 0.5) is 0 Å². The number of Topliss-reactive ketones (excluding diaryl/α,β-unsaturated/α-hetero) is 1. The third kappa shape index (κ3) is 4.98. The number of carbonyl (C=O) groups is 1. The van der Waals surface area contributed by atoms with E-state index in [0.717, 1.165) is 37.7 Å². The van der Waals surface area contributed by atoms with Crippen molar-refractivity contribution in [3.63, 3.8) is 0 Å². The Hall–Kier alpha value is -1.23. The molecule has 1 saturated carbocycles. The fourth-order valence-corrected chi connectivity index (χ4v) is 6.16. The summed E-state index contributed by atoms with van der Waals surface area (Å²) >= 11 is 0. The fraction of sp³-hybridized carbons (Fsp3) is 0.654. The molecule has 0 spiro atoms. The lowest BCUT2D eigenvalue weighted by Crippen LogP contribution is -2.51. The maximum Gasteiger partial charge on any atom is 0.192 e. The van der Waals surface area contributed by atoms with E-state index in [1.54, 1.807) is 0 Å². The molecule has 166 valence electrons. The molecule has 4 heteroatoms. The zero-order valence-corrected chi connectivity index (χ0v) is 20.8. The molecule has 3 rings (SSSR count). The first kappa shape index (κ1) is 23.4. The van der Waals surface area contributed by atoms with Gasteiger partial charge in [0.1, 0.15) is 0 Å². The summed E-state index contributed by atoms with van der Waals surface area (Å²) < 4.78 is 12.9. The number of rotatable bonds is 7. The van der Waals surface area contributed by atoms with Crippen LogP contribution in [0.3, 0.4) is 0 Å². The van der Waals surface area contributed by atoms with E-state index < -0.39 is 8.32 Å². The van der Waals surface area contributed by atoms with Crippen LogP contribution in [0.15, 0.2) is 41.5 Å². The van der Waals surface area contributed by atoms with Gasteiger partial charge in [0.2, 0.25) is 0 Å². The minimum absolute atomic E-state index is 0.00353. The number of ether oxygens (including phenoxy) is 1. The Morgan fingerprint density at radius 2 is 1.83 bits per heavy atom. The largest absolute Gasteiger partial charge is 0.413 e. The number of fused-ring (bicyclic) bond motifs is 1. The van der Waals surface area contributed by atoms with Crippen LogP contribution in [0.1, 0.15) is 71.8 Å². The molecule has 2 atom stereocenters. The van der Waals surface area contributed by atoms with Gasteiger partial charge in [-0.05, 0) is 61.4 Å². The number of hydrogen-bond acceptors (Lipinski definition) is 3. The fourth-order valence-electron chi connectivity index (χ4n) is 4.71. The highest BCUT2D eigenvalue weighted by Gasteiger charge is 2.49. The van der Waals surface area contributed by atoms with Crippen LogP contribution in [0, 0.1) is 5.41 Å². The molecular weight excluding hydrogens is 388 g/mol. The molecule has 2 aliphatic carbocycles. The van der Waals surface area contributed by atoms with Gasteiger partial charge in [-0.3, -0.25) is 4.79 Å². The first-order valence-electron chi connectivity index (χ1n) is 11.6. The summed E-state index contributed by atoms with van der Waals surface area (Å²) in [5.41, 5.74) is 3.59. The topological polar surface area (TPSA) is 35.5 Å². The molecule has 0 unspecified atom stereocenters. The predicted molar refractivity (Wildman–Crippen MR) is 126 cm³/mol. The zero-order valence-electron chi connectivity index (χ0n) is 19.8. The van der Waals surface area contributed by atoms with E-state index in [2.05, 4.69) is 52.9 Å². The van der Waals surface area contributed by atoms with E-state index in [1.165, 1.54) is 11.1 Å². The van der Waals surface area contributed by atoms with Crippen molar-refractivity contribution in [3.05, 3.63) is 47.0 Å². The second-order valence-corrected chi connectivity index (χ2v) is 15.6. The van der Waals surface area contributed by atoms with Crippen molar-refractivity contribution < 1.29 is 14.0 Å². The van der Waals surface area contributed by atoms with Gasteiger partial charge >= 0.3 is 0 Å². The lowest BCUT2D eigenvalue weighted by Gasteiger charge is -2.51. The highest BCUT2D eigenvalue weighted by Crippen LogP contribution is 2.52. The minimum atomic E-state index is -1.86. The average molecular weight is 429 g/mol. The smallest absolute Gasteiger partial charge is 0.192 e. The van der Waals surface area contributed by atoms with Crippen molar-refractivity contribution in [1.29, 1.82) is 0 Å². The van der Waals surface area contributed by atoms with Gasteiger partial charge in [0.25, 0.3) is 0 Å². The molecule has 0 radical (unpaired) electrons. The Morgan fingerprint density at radius 3 is 2.50 bits per heavy atom. The molecule has 0 bridgehead atoms. The quantitative estimate of drug-likeness (QED) is 0.352. The van der Waals surface area contributed by atoms with Crippen LogP contribution in [0.25, 0.3) is 0 Å². The van der Waals surface area contributed by atoms with Gasteiger partial charge in [-0.25, -0.2) is 0 Å². The highest BCUT2D eigenvalue weighted by molar-refractivity contribution is 6.74. The lowest BCUT2D eigenvalue weighted by molar-refractivity contribution is -0.118. The number of benzene rings is 1. The van der Waals surface area contributed by atoms with E-state index in [0.29, 0.717) is 25.4 Å². The Kier molecular flexibility index (Phi) is 7.10. The van der Waals surface area contributed by atoms with Crippen LogP contribution < -0.4 is 0 Å². The molecule has 1 aromatic rings. The first-order valence-corrected chi connectivity index (χ1v) is 14.5. The monoisotopic (exact) mass is 428 g/mol. The number of hydrogen-bond donors (Lipinski definition) is 0. The minimum Gasteiger partial charge on any atom is -0.413 e. The molecule has 3 nitrogen and oxygen atoms in total. The van der Waals surface area contributed by atoms with Gasteiger partial charge in [-0.15, -0.1) is 0 Å². The van der Waals surface area contributed by atoms with E-state index in [4.69, 9.17) is 9.16 Å². The molecule has 30 heavy (non-hydrogen) atoms. The Balaban J connectivity index is 1.73. The maximum atomic E-state index is 12.9. The third-order valence-corrected chi connectivity index (χ3v) is 12.2. The Labute approximate surface area is 184 Å². The van der Waals surface area contributed by atoms with Crippen molar-refractivity contribution in [1.82, 2.24) is 0 Å². The lowest BCUT2D eigenvalue weighted by atomic mass is 9.62. The van der Waals surface area contributed by atoms with Crippen molar-refractivity contribution >= 4 is 14.1 Å². The normalized spacial score (nSPS) is 25.4. The predicted octanol–water partition coefficient (Wildman–Crippen LogP) is 6.83. The second-order valence-electron chi connectivity index (χ2n) is 10.8. The number of ketones is 1. The van der Waals surface area contributed by atoms with Crippen molar-refractivity contribution in [3.8, 4) is 0 Å². The van der Waals surface area contributed by atoms with Crippen LogP contribution in [-0.2, 0) is 20.6 Å². The Morgan fingerprint density at radius 1 is 1.13 bits per heavy atom. The summed E-state index contributed by atoms with van der Waals surface area (Å²) in [6, 6.07) is 10.2. The molecule has 0 aromatic heterocycles. The van der Waals surface area contributed by atoms with Crippen LogP contribution in [0.2, 0.25) is 18.1 Å². The highest BCUT2D eigenvalue weighted by atomic mass is 28.4. The van der Waals surface area contributed by atoms with Crippen molar-refractivity contribution in [2.75, 3.05) is 6.61 Å². The second kappa shape index (κ2) is 9.10. The van der Waals surface area contributed by atoms with Gasteiger partial charge < -0.3 is 9.16 Å². The molecule has 1 fully saturated rings. The molecular formula is C26H40O3Si. The average Bonchev–Trinajstić information content (AvgIpc) is 2.68. The van der Waals surface area contributed by atoms with Gasteiger partial charge in [0.05, 0.1) is 19.3 Å². The Bertz CT molecular complexity index is 775. The summed E-state index contributed by atoms with van der Waals surface area (Å²) in [6.07, 6.45) is 5.79. The maximum absolute atomic E-state index is 12.9. The SMILES string of the molecule is CC(C)(C)[Si](C)(C)O[C@@H]1CCCC2=C(CCOCc3ccccc3)C(=O)CC[C@]21C. The van der Waals surface area contributed by atoms with Gasteiger partial charge in [0, 0.05) is 11.8 Å². The van der Waals surface area contributed by atoms with Crippen LogP contribution >= 0.6 is 0 Å². The van der Waals surface area contributed by atoms with Gasteiger partial charge in [0.15, 0.2) is 14.1 Å². The van der Waals surface area contributed by atoms with Crippen LogP contribution in [-0.4, -0.2) is 26.8 Å². The molecule has 0 amide bonds. The molecule has 0 heterocycles. The molecule has 1 aromatic carbocycles. The van der Waals surface area contributed by atoms with E-state index in [1.807, 2.05) is 18.2 Å². The summed E-state index contributed by atoms with van der Waals surface area (Å²) in [5, 5.41) is 0.198. The van der Waals surface area contributed by atoms with E-state index in [9.17, 15) is 4.79 Å².